The topological polar surface area (TPSA) is 81.4 Å². The van der Waals surface area contributed by atoms with E-state index in [-0.39, 0.29) is 4.90 Å². The maximum atomic E-state index is 12.3. The summed E-state index contributed by atoms with van der Waals surface area (Å²) >= 11 is 0. The Morgan fingerprint density at radius 2 is 1.84 bits per heavy atom. The molecule has 0 amide bonds. The molecule has 0 heterocycles. The molecule has 2 rings (SSSR count). The van der Waals surface area contributed by atoms with Gasteiger partial charge in [-0.3, -0.25) is 0 Å². The Labute approximate surface area is 114 Å². The van der Waals surface area contributed by atoms with Crippen LogP contribution >= 0.6 is 0 Å². The molecule has 1 aliphatic rings. The molecule has 106 valence electrons. The van der Waals surface area contributed by atoms with E-state index < -0.39 is 15.6 Å². The standard InChI is InChI=1S/C13H20N2O3S/c1-18-11-4-6-12(7-5-11)19(16,17)15-13(10-14)8-2-3-9-13/h4-7,15H,2-3,8-10,14H2,1H3. The molecule has 1 fully saturated rings. The van der Waals surface area contributed by atoms with Gasteiger partial charge in [0.05, 0.1) is 12.0 Å². The van der Waals surface area contributed by atoms with Gasteiger partial charge in [0.2, 0.25) is 10.0 Å². The van der Waals surface area contributed by atoms with Crippen LogP contribution in [0.2, 0.25) is 0 Å². The Balaban J connectivity index is 2.21. The SMILES string of the molecule is COc1ccc(S(=O)(=O)NC2(CN)CCCC2)cc1. The summed E-state index contributed by atoms with van der Waals surface area (Å²) in [6, 6.07) is 6.36. The van der Waals surface area contributed by atoms with Crippen LogP contribution in [0, 0.1) is 0 Å². The van der Waals surface area contributed by atoms with Crippen molar-refractivity contribution in [3.63, 3.8) is 0 Å². The summed E-state index contributed by atoms with van der Waals surface area (Å²) in [4.78, 5) is 0.244. The molecule has 1 saturated carbocycles. The summed E-state index contributed by atoms with van der Waals surface area (Å²) in [5.74, 6) is 0.633. The Bertz CT molecular complexity index is 519. The van der Waals surface area contributed by atoms with Crippen LogP contribution in [0.4, 0.5) is 0 Å². The fourth-order valence-electron chi connectivity index (χ4n) is 2.50. The summed E-state index contributed by atoms with van der Waals surface area (Å²) < 4.78 is 32.5. The van der Waals surface area contributed by atoms with Crippen LogP contribution in [0.25, 0.3) is 0 Å². The van der Waals surface area contributed by atoms with E-state index in [9.17, 15) is 8.42 Å². The maximum absolute atomic E-state index is 12.3. The molecule has 6 heteroatoms. The van der Waals surface area contributed by atoms with E-state index in [1.54, 1.807) is 31.4 Å². The minimum Gasteiger partial charge on any atom is -0.497 e. The first-order valence-corrected chi connectivity index (χ1v) is 7.88. The predicted octanol–water partition coefficient (Wildman–Crippen LogP) is 1.24. The zero-order valence-corrected chi connectivity index (χ0v) is 11.9. The summed E-state index contributed by atoms with van der Waals surface area (Å²) in [7, 11) is -1.98. The molecule has 1 aliphatic carbocycles. The van der Waals surface area contributed by atoms with Crippen LogP contribution in [0.5, 0.6) is 5.75 Å². The molecule has 0 aliphatic heterocycles. The predicted molar refractivity (Wildman–Crippen MR) is 73.6 cm³/mol. The molecular formula is C13H20N2O3S. The quantitative estimate of drug-likeness (QED) is 0.852. The molecular weight excluding hydrogens is 264 g/mol. The van der Waals surface area contributed by atoms with Gasteiger partial charge < -0.3 is 10.5 Å². The van der Waals surface area contributed by atoms with Crippen molar-refractivity contribution in [3.05, 3.63) is 24.3 Å². The van der Waals surface area contributed by atoms with Crippen LogP contribution in [0.1, 0.15) is 25.7 Å². The highest BCUT2D eigenvalue weighted by molar-refractivity contribution is 7.89. The summed E-state index contributed by atoms with van der Waals surface area (Å²) in [5, 5.41) is 0. The lowest BCUT2D eigenvalue weighted by Crippen LogP contribution is -2.51. The van der Waals surface area contributed by atoms with Gasteiger partial charge in [0.25, 0.3) is 0 Å². The van der Waals surface area contributed by atoms with Gasteiger partial charge in [0.15, 0.2) is 0 Å². The minimum absolute atomic E-state index is 0.244. The molecule has 1 aromatic carbocycles. The molecule has 1 aromatic rings. The van der Waals surface area contributed by atoms with Crippen molar-refractivity contribution in [1.82, 2.24) is 4.72 Å². The third kappa shape index (κ3) is 3.08. The first-order valence-electron chi connectivity index (χ1n) is 6.39. The molecule has 3 N–H and O–H groups in total. The van der Waals surface area contributed by atoms with Crippen LogP contribution in [0.3, 0.4) is 0 Å². The molecule has 5 nitrogen and oxygen atoms in total. The molecule has 0 radical (unpaired) electrons. The van der Waals surface area contributed by atoms with E-state index in [2.05, 4.69) is 4.72 Å². The third-order valence-corrected chi connectivity index (χ3v) is 5.27. The molecule has 19 heavy (non-hydrogen) atoms. The monoisotopic (exact) mass is 284 g/mol. The van der Waals surface area contributed by atoms with Crippen molar-refractivity contribution in [2.75, 3.05) is 13.7 Å². The Kier molecular flexibility index (Phi) is 4.13. The van der Waals surface area contributed by atoms with Crippen LogP contribution in [-0.4, -0.2) is 27.6 Å². The van der Waals surface area contributed by atoms with E-state index >= 15 is 0 Å². The van der Waals surface area contributed by atoms with Gasteiger partial charge in [-0.05, 0) is 37.1 Å². The van der Waals surface area contributed by atoms with Crippen molar-refractivity contribution in [2.24, 2.45) is 5.73 Å². The lowest BCUT2D eigenvalue weighted by molar-refractivity contribution is 0.399. The second-order valence-electron chi connectivity index (χ2n) is 4.97. The van der Waals surface area contributed by atoms with Crippen molar-refractivity contribution < 1.29 is 13.2 Å². The summed E-state index contributed by atoms with van der Waals surface area (Å²) in [6.45, 7) is 0.336. The molecule has 0 atom stereocenters. The number of benzene rings is 1. The van der Waals surface area contributed by atoms with Gasteiger partial charge in [-0.25, -0.2) is 13.1 Å². The molecule has 0 bridgehead atoms. The number of methoxy groups -OCH3 is 1. The second kappa shape index (κ2) is 5.48. The minimum atomic E-state index is -3.52. The molecule has 0 saturated heterocycles. The zero-order valence-electron chi connectivity index (χ0n) is 11.1. The number of nitrogens with one attached hydrogen (secondary N) is 1. The number of ether oxygens (including phenoxy) is 1. The van der Waals surface area contributed by atoms with E-state index in [4.69, 9.17) is 10.5 Å². The number of sulfonamides is 1. The fraction of sp³-hybridized carbons (Fsp3) is 0.538. The largest absolute Gasteiger partial charge is 0.497 e. The van der Waals surface area contributed by atoms with Crippen LogP contribution < -0.4 is 15.2 Å². The lowest BCUT2D eigenvalue weighted by atomic mass is 10.0. The summed E-state index contributed by atoms with van der Waals surface area (Å²) in [5.41, 5.74) is 5.28. The van der Waals surface area contributed by atoms with E-state index in [0.29, 0.717) is 12.3 Å². The number of hydrogen-bond acceptors (Lipinski definition) is 4. The van der Waals surface area contributed by atoms with Gasteiger partial charge in [-0.1, -0.05) is 12.8 Å². The van der Waals surface area contributed by atoms with Crippen molar-refractivity contribution >= 4 is 10.0 Å². The summed E-state index contributed by atoms with van der Waals surface area (Å²) in [6.07, 6.45) is 3.64. The van der Waals surface area contributed by atoms with Gasteiger partial charge >= 0.3 is 0 Å². The number of nitrogens with two attached hydrogens (primary N) is 1. The van der Waals surface area contributed by atoms with Crippen LogP contribution in [-0.2, 0) is 10.0 Å². The van der Waals surface area contributed by atoms with Crippen molar-refractivity contribution in [3.8, 4) is 5.75 Å². The highest BCUT2D eigenvalue weighted by atomic mass is 32.2. The molecule has 0 spiro atoms. The maximum Gasteiger partial charge on any atom is 0.241 e. The zero-order chi connectivity index (χ0) is 13.9. The Morgan fingerprint density at radius 3 is 2.32 bits per heavy atom. The smallest absolute Gasteiger partial charge is 0.241 e. The van der Waals surface area contributed by atoms with Gasteiger partial charge in [-0.2, -0.15) is 0 Å². The highest BCUT2D eigenvalue weighted by Crippen LogP contribution is 2.30. The van der Waals surface area contributed by atoms with E-state index in [0.717, 1.165) is 25.7 Å². The lowest BCUT2D eigenvalue weighted by Gasteiger charge is -2.28. The van der Waals surface area contributed by atoms with Gasteiger partial charge in [-0.15, -0.1) is 0 Å². The molecule has 0 aromatic heterocycles. The van der Waals surface area contributed by atoms with E-state index in [1.165, 1.54) is 0 Å². The van der Waals surface area contributed by atoms with Crippen molar-refractivity contribution in [1.29, 1.82) is 0 Å². The third-order valence-electron chi connectivity index (χ3n) is 3.67. The Hall–Kier alpha value is -1.11. The fourth-order valence-corrected chi connectivity index (χ4v) is 3.97. The highest BCUT2D eigenvalue weighted by Gasteiger charge is 2.36. The number of hydrogen-bond donors (Lipinski definition) is 2. The van der Waals surface area contributed by atoms with Crippen LogP contribution in [0.15, 0.2) is 29.2 Å². The average Bonchev–Trinajstić information content (AvgIpc) is 2.87. The van der Waals surface area contributed by atoms with Crippen molar-refractivity contribution in [2.45, 2.75) is 36.1 Å². The average molecular weight is 284 g/mol. The second-order valence-corrected chi connectivity index (χ2v) is 6.65. The van der Waals surface area contributed by atoms with Gasteiger partial charge in [0.1, 0.15) is 5.75 Å². The first kappa shape index (κ1) is 14.3. The normalized spacial score (nSPS) is 18.4. The van der Waals surface area contributed by atoms with Gasteiger partial charge in [0, 0.05) is 12.1 Å². The first-order chi connectivity index (χ1) is 9.01. The molecule has 0 unspecified atom stereocenters. The van der Waals surface area contributed by atoms with E-state index in [1.807, 2.05) is 0 Å². The number of rotatable bonds is 5. The Morgan fingerprint density at radius 1 is 1.26 bits per heavy atom.